The highest BCUT2D eigenvalue weighted by atomic mass is 79.9. The molecule has 15 heavy (non-hydrogen) atoms. The zero-order chi connectivity index (χ0) is 11.5. The van der Waals surface area contributed by atoms with Gasteiger partial charge in [-0.3, -0.25) is 0 Å². The summed E-state index contributed by atoms with van der Waals surface area (Å²) in [5, 5.41) is 0.811. The fourth-order valence-corrected chi connectivity index (χ4v) is 2.99. The van der Waals surface area contributed by atoms with Gasteiger partial charge in [-0.05, 0) is 36.0 Å². The van der Waals surface area contributed by atoms with Gasteiger partial charge >= 0.3 is 0 Å². The van der Waals surface area contributed by atoms with E-state index in [2.05, 4.69) is 48.8 Å². The Balaban J connectivity index is 2.64. The molecule has 0 aromatic heterocycles. The Labute approximate surface area is 106 Å². The smallest absolute Gasteiger partial charge is 0.0406 e. The molecule has 1 unspecified atom stereocenters. The zero-order valence-corrected chi connectivity index (χ0v) is 11.9. The van der Waals surface area contributed by atoms with Crippen LogP contribution in [-0.4, -0.2) is 4.83 Å². The molecule has 0 fully saturated rings. The third-order valence-corrected chi connectivity index (χ3v) is 3.01. The minimum Gasteiger partial charge on any atom is -0.0893 e. The first-order valence-electron chi connectivity index (χ1n) is 5.27. The summed E-state index contributed by atoms with van der Waals surface area (Å²) >= 11 is 9.47. The van der Waals surface area contributed by atoms with E-state index in [1.807, 2.05) is 12.1 Å². The van der Waals surface area contributed by atoms with Crippen LogP contribution in [0.3, 0.4) is 0 Å². The van der Waals surface area contributed by atoms with E-state index >= 15 is 0 Å². The van der Waals surface area contributed by atoms with E-state index in [9.17, 15) is 0 Å². The van der Waals surface area contributed by atoms with Crippen LogP contribution in [0.2, 0.25) is 5.02 Å². The molecule has 2 heteroatoms. The number of benzene rings is 1. The molecular formula is C13H18BrCl. The molecule has 0 N–H and O–H groups in total. The van der Waals surface area contributed by atoms with Gasteiger partial charge < -0.3 is 0 Å². The van der Waals surface area contributed by atoms with Gasteiger partial charge in [-0.25, -0.2) is 0 Å². The van der Waals surface area contributed by atoms with Crippen LogP contribution in [0.25, 0.3) is 0 Å². The van der Waals surface area contributed by atoms with Gasteiger partial charge in [0.15, 0.2) is 0 Å². The number of rotatable bonds is 4. The summed E-state index contributed by atoms with van der Waals surface area (Å²) in [6.07, 6.45) is 2.27. The molecule has 0 nitrogen and oxygen atoms in total. The Kier molecular flexibility index (Phi) is 4.66. The molecule has 0 spiro atoms. The zero-order valence-electron chi connectivity index (χ0n) is 9.56. The predicted octanol–water partition coefficient (Wildman–Crippen LogP) is 5.08. The lowest BCUT2D eigenvalue weighted by Gasteiger charge is -2.26. The molecule has 1 aromatic carbocycles. The van der Waals surface area contributed by atoms with Crippen LogP contribution in [0.15, 0.2) is 24.3 Å². The van der Waals surface area contributed by atoms with Gasteiger partial charge in [0.1, 0.15) is 0 Å². The second-order valence-corrected chi connectivity index (χ2v) is 6.95. The Hall–Kier alpha value is -0.0100. The molecule has 1 aromatic rings. The van der Waals surface area contributed by atoms with E-state index in [1.165, 1.54) is 12.0 Å². The number of hydrogen-bond donors (Lipinski definition) is 0. The van der Waals surface area contributed by atoms with Crippen molar-refractivity contribution in [2.75, 3.05) is 0 Å². The van der Waals surface area contributed by atoms with Crippen molar-refractivity contribution in [3.63, 3.8) is 0 Å². The van der Waals surface area contributed by atoms with Crippen LogP contribution < -0.4 is 0 Å². The molecular weight excluding hydrogens is 272 g/mol. The Morgan fingerprint density at radius 2 is 1.80 bits per heavy atom. The van der Waals surface area contributed by atoms with Crippen LogP contribution in [0.4, 0.5) is 0 Å². The molecule has 84 valence electrons. The van der Waals surface area contributed by atoms with Gasteiger partial charge in [0.05, 0.1) is 0 Å². The summed E-state index contributed by atoms with van der Waals surface area (Å²) in [6.45, 7) is 6.81. The highest BCUT2D eigenvalue weighted by molar-refractivity contribution is 9.09. The van der Waals surface area contributed by atoms with Gasteiger partial charge in [0.25, 0.3) is 0 Å². The first-order chi connectivity index (χ1) is 6.89. The lowest BCUT2D eigenvalue weighted by atomic mass is 9.82. The second kappa shape index (κ2) is 5.36. The predicted molar refractivity (Wildman–Crippen MR) is 71.9 cm³/mol. The summed E-state index contributed by atoms with van der Waals surface area (Å²) < 4.78 is 0. The first kappa shape index (κ1) is 13.1. The number of alkyl halides is 1. The van der Waals surface area contributed by atoms with Crippen molar-refractivity contribution in [1.29, 1.82) is 0 Å². The molecule has 0 amide bonds. The van der Waals surface area contributed by atoms with Crippen molar-refractivity contribution in [2.24, 2.45) is 5.41 Å². The van der Waals surface area contributed by atoms with Crippen molar-refractivity contribution >= 4 is 27.5 Å². The van der Waals surface area contributed by atoms with Gasteiger partial charge in [0, 0.05) is 9.85 Å². The van der Waals surface area contributed by atoms with E-state index in [-0.39, 0.29) is 0 Å². The van der Waals surface area contributed by atoms with Crippen LogP contribution in [0, 0.1) is 5.41 Å². The summed E-state index contributed by atoms with van der Waals surface area (Å²) in [4.78, 5) is 0.569. The van der Waals surface area contributed by atoms with Gasteiger partial charge in [-0.2, -0.15) is 0 Å². The Morgan fingerprint density at radius 1 is 1.27 bits per heavy atom. The molecule has 1 rings (SSSR count). The van der Waals surface area contributed by atoms with E-state index in [0.717, 1.165) is 11.4 Å². The summed E-state index contributed by atoms with van der Waals surface area (Å²) in [5.74, 6) is 0. The lowest BCUT2D eigenvalue weighted by molar-refractivity contribution is 0.335. The Morgan fingerprint density at radius 3 is 2.27 bits per heavy atom. The van der Waals surface area contributed by atoms with Crippen LogP contribution in [0.5, 0.6) is 0 Å². The van der Waals surface area contributed by atoms with E-state index in [4.69, 9.17) is 11.6 Å². The van der Waals surface area contributed by atoms with Crippen molar-refractivity contribution in [2.45, 2.75) is 38.4 Å². The summed E-state index contributed by atoms with van der Waals surface area (Å²) in [6, 6.07) is 8.15. The Bertz CT molecular complexity index is 301. The third kappa shape index (κ3) is 5.03. The largest absolute Gasteiger partial charge is 0.0893 e. The lowest BCUT2D eigenvalue weighted by Crippen LogP contribution is -2.18. The average Bonchev–Trinajstić information content (AvgIpc) is 2.06. The molecule has 1 atom stereocenters. The maximum absolute atomic E-state index is 5.86. The van der Waals surface area contributed by atoms with Gasteiger partial charge in [-0.15, -0.1) is 0 Å². The number of halogens is 2. The van der Waals surface area contributed by atoms with E-state index in [0.29, 0.717) is 10.2 Å². The summed E-state index contributed by atoms with van der Waals surface area (Å²) in [5.41, 5.74) is 1.69. The molecule has 0 bridgehead atoms. The third-order valence-electron chi connectivity index (χ3n) is 2.43. The molecule has 0 saturated heterocycles. The first-order valence-corrected chi connectivity index (χ1v) is 6.57. The maximum Gasteiger partial charge on any atom is 0.0406 e. The molecule has 0 saturated carbocycles. The molecule has 0 aliphatic heterocycles. The number of hydrogen-bond acceptors (Lipinski definition) is 0. The van der Waals surface area contributed by atoms with Crippen LogP contribution in [0.1, 0.15) is 32.8 Å². The van der Waals surface area contributed by atoms with Gasteiger partial charge in [0.2, 0.25) is 0 Å². The standard InChI is InChI=1S/C13H18BrCl/c1-10(14)8-13(2,3)9-11-4-6-12(15)7-5-11/h4-7,10H,8-9H2,1-3H3. The van der Waals surface area contributed by atoms with Crippen LogP contribution >= 0.6 is 27.5 Å². The minimum absolute atomic E-state index is 0.330. The van der Waals surface area contributed by atoms with Gasteiger partial charge in [-0.1, -0.05) is 60.4 Å². The quantitative estimate of drug-likeness (QED) is 0.678. The summed E-state index contributed by atoms with van der Waals surface area (Å²) in [7, 11) is 0. The van der Waals surface area contributed by atoms with Crippen molar-refractivity contribution in [1.82, 2.24) is 0 Å². The topological polar surface area (TPSA) is 0 Å². The molecule has 0 radical (unpaired) electrons. The fourth-order valence-electron chi connectivity index (χ4n) is 1.99. The minimum atomic E-state index is 0.330. The highest BCUT2D eigenvalue weighted by Gasteiger charge is 2.20. The van der Waals surface area contributed by atoms with Crippen LogP contribution in [-0.2, 0) is 6.42 Å². The monoisotopic (exact) mass is 288 g/mol. The van der Waals surface area contributed by atoms with Crippen molar-refractivity contribution < 1.29 is 0 Å². The normalized spacial score (nSPS) is 13.9. The molecule has 0 aliphatic rings. The fraction of sp³-hybridized carbons (Fsp3) is 0.538. The SMILES string of the molecule is CC(Br)CC(C)(C)Cc1ccc(Cl)cc1. The average molecular weight is 290 g/mol. The highest BCUT2D eigenvalue weighted by Crippen LogP contribution is 2.30. The molecule has 0 aliphatic carbocycles. The second-order valence-electron chi connectivity index (χ2n) is 4.95. The van der Waals surface area contributed by atoms with E-state index < -0.39 is 0 Å². The van der Waals surface area contributed by atoms with Crippen molar-refractivity contribution in [3.8, 4) is 0 Å². The molecule has 0 heterocycles. The van der Waals surface area contributed by atoms with Crippen molar-refractivity contribution in [3.05, 3.63) is 34.9 Å². The van der Waals surface area contributed by atoms with E-state index in [1.54, 1.807) is 0 Å². The maximum atomic E-state index is 5.86.